The molecule has 1 rings (SSSR count). The maximum Gasteiger partial charge on any atom is 0.273 e. The third-order valence-corrected chi connectivity index (χ3v) is 4.71. The summed E-state index contributed by atoms with van der Waals surface area (Å²) in [5, 5.41) is 19.4. The molecule has 6 heteroatoms. The molecule has 0 aliphatic carbocycles. The van der Waals surface area contributed by atoms with E-state index in [0.717, 1.165) is 32.4 Å². The Kier molecular flexibility index (Phi) is 8.26. The zero-order chi connectivity index (χ0) is 17.3. The van der Waals surface area contributed by atoms with Crippen molar-refractivity contribution in [1.82, 2.24) is 15.8 Å². The number of nitrogens with one attached hydrogen (secondary N) is 2. The van der Waals surface area contributed by atoms with Crippen LogP contribution in [0.15, 0.2) is 4.52 Å². The van der Waals surface area contributed by atoms with Gasteiger partial charge in [-0.05, 0) is 38.1 Å². The normalized spacial score (nSPS) is 11.7. The summed E-state index contributed by atoms with van der Waals surface area (Å²) in [6.07, 6.45) is 4.32. The summed E-state index contributed by atoms with van der Waals surface area (Å²) in [6, 6.07) is 0. The highest BCUT2D eigenvalue weighted by molar-refractivity contribution is 5.93. The van der Waals surface area contributed by atoms with Crippen molar-refractivity contribution in [1.29, 1.82) is 0 Å². The highest BCUT2D eigenvalue weighted by Gasteiger charge is 2.27. The highest BCUT2D eigenvalue weighted by Crippen LogP contribution is 2.25. The monoisotopic (exact) mass is 325 g/mol. The van der Waals surface area contributed by atoms with Gasteiger partial charge in [-0.2, -0.15) is 0 Å². The number of hydrogen-bond donors (Lipinski definition) is 3. The van der Waals surface area contributed by atoms with E-state index in [4.69, 9.17) is 9.63 Å². The Hall–Kier alpha value is -1.40. The van der Waals surface area contributed by atoms with E-state index in [1.807, 2.05) is 0 Å². The second-order valence-electron chi connectivity index (χ2n) is 6.16. The van der Waals surface area contributed by atoms with Gasteiger partial charge in [0.25, 0.3) is 5.91 Å². The van der Waals surface area contributed by atoms with Crippen LogP contribution in [0.4, 0.5) is 0 Å². The van der Waals surface area contributed by atoms with Gasteiger partial charge >= 0.3 is 0 Å². The predicted octanol–water partition coefficient (Wildman–Crippen LogP) is 2.40. The highest BCUT2D eigenvalue weighted by atomic mass is 16.5. The third kappa shape index (κ3) is 5.32. The van der Waals surface area contributed by atoms with Gasteiger partial charge in [0.15, 0.2) is 11.5 Å². The molecule has 0 aromatic carbocycles. The van der Waals surface area contributed by atoms with Crippen molar-refractivity contribution in [2.45, 2.75) is 60.0 Å². The average Bonchev–Trinajstić information content (AvgIpc) is 2.95. The molecule has 0 unspecified atom stereocenters. The number of hydrogen-bond acceptors (Lipinski definition) is 5. The van der Waals surface area contributed by atoms with Gasteiger partial charge in [0.2, 0.25) is 0 Å². The second-order valence-corrected chi connectivity index (χ2v) is 6.16. The molecule has 0 fully saturated rings. The molecular formula is C17H31N3O3. The lowest BCUT2D eigenvalue weighted by atomic mass is 9.82. The molecule has 132 valence electrons. The standard InChI is InChI=1S/C17H31N3O3/c1-5-8-9-18-11-17(6-2,7-3)12-19-16(22)15-13(4)14(10-21)23-20-15/h18,21H,5-12H2,1-4H3,(H,19,22). The van der Waals surface area contributed by atoms with E-state index in [1.165, 1.54) is 6.42 Å². The van der Waals surface area contributed by atoms with E-state index < -0.39 is 0 Å². The quantitative estimate of drug-likeness (QED) is 0.544. The Morgan fingerprint density at radius 3 is 2.48 bits per heavy atom. The van der Waals surface area contributed by atoms with Crippen LogP contribution in [0.5, 0.6) is 0 Å². The van der Waals surface area contributed by atoms with Gasteiger partial charge in [-0.3, -0.25) is 4.79 Å². The Morgan fingerprint density at radius 1 is 1.26 bits per heavy atom. The van der Waals surface area contributed by atoms with Crippen molar-refractivity contribution in [2.75, 3.05) is 19.6 Å². The van der Waals surface area contributed by atoms with Gasteiger partial charge in [-0.15, -0.1) is 0 Å². The Labute approximate surface area is 139 Å². The number of carbonyl (C=O) groups is 1. The first kappa shape index (κ1) is 19.6. The van der Waals surface area contributed by atoms with E-state index >= 15 is 0 Å². The zero-order valence-corrected chi connectivity index (χ0v) is 14.9. The van der Waals surface area contributed by atoms with Crippen molar-refractivity contribution in [3.63, 3.8) is 0 Å². The fourth-order valence-electron chi connectivity index (χ4n) is 2.55. The smallest absolute Gasteiger partial charge is 0.273 e. The molecule has 1 amide bonds. The van der Waals surface area contributed by atoms with Crippen molar-refractivity contribution < 1.29 is 14.4 Å². The SMILES string of the molecule is CCCCNCC(CC)(CC)CNC(=O)c1noc(CO)c1C. The third-order valence-electron chi connectivity index (χ3n) is 4.71. The van der Waals surface area contributed by atoms with Gasteiger partial charge in [-0.25, -0.2) is 0 Å². The number of aromatic nitrogens is 1. The molecule has 0 aliphatic heterocycles. The summed E-state index contributed by atoms with van der Waals surface area (Å²) in [7, 11) is 0. The molecular weight excluding hydrogens is 294 g/mol. The number of nitrogens with zero attached hydrogens (tertiary/aromatic N) is 1. The van der Waals surface area contributed by atoms with E-state index in [0.29, 0.717) is 17.9 Å². The maximum atomic E-state index is 12.3. The molecule has 1 heterocycles. The second kappa shape index (κ2) is 9.67. The lowest BCUT2D eigenvalue weighted by molar-refractivity contribution is 0.0915. The van der Waals surface area contributed by atoms with Crippen LogP contribution >= 0.6 is 0 Å². The van der Waals surface area contributed by atoms with E-state index in [1.54, 1.807) is 6.92 Å². The van der Waals surface area contributed by atoms with Crippen LogP contribution in [0, 0.1) is 12.3 Å². The van der Waals surface area contributed by atoms with Gasteiger partial charge in [0.1, 0.15) is 6.61 Å². The van der Waals surface area contributed by atoms with E-state index in [-0.39, 0.29) is 23.6 Å². The fraction of sp³-hybridized carbons (Fsp3) is 0.765. The van der Waals surface area contributed by atoms with Gasteiger partial charge in [0, 0.05) is 18.7 Å². The lowest BCUT2D eigenvalue weighted by Gasteiger charge is -2.32. The fourth-order valence-corrected chi connectivity index (χ4v) is 2.55. The number of rotatable bonds is 11. The number of aliphatic hydroxyl groups is 1. The Morgan fingerprint density at radius 2 is 1.96 bits per heavy atom. The van der Waals surface area contributed by atoms with Crippen molar-refractivity contribution >= 4 is 5.91 Å². The molecule has 0 aliphatic rings. The number of aliphatic hydroxyl groups excluding tert-OH is 1. The molecule has 0 spiro atoms. The van der Waals surface area contributed by atoms with Crippen molar-refractivity contribution in [3.05, 3.63) is 17.0 Å². The first-order valence-corrected chi connectivity index (χ1v) is 8.58. The van der Waals surface area contributed by atoms with E-state index in [2.05, 4.69) is 36.6 Å². The van der Waals surface area contributed by atoms with Crippen LogP contribution in [-0.4, -0.2) is 35.8 Å². The topological polar surface area (TPSA) is 87.4 Å². The minimum absolute atomic E-state index is 0.0425. The maximum absolute atomic E-state index is 12.3. The zero-order valence-electron chi connectivity index (χ0n) is 14.9. The van der Waals surface area contributed by atoms with Crippen LogP contribution in [0.2, 0.25) is 0 Å². The summed E-state index contributed by atoms with van der Waals surface area (Å²) < 4.78 is 4.97. The summed E-state index contributed by atoms with van der Waals surface area (Å²) in [5.74, 6) is 0.0967. The summed E-state index contributed by atoms with van der Waals surface area (Å²) >= 11 is 0. The number of unbranched alkanes of at least 4 members (excludes halogenated alkanes) is 1. The molecule has 0 saturated carbocycles. The molecule has 0 radical (unpaired) electrons. The van der Waals surface area contributed by atoms with Crippen LogP contribution in [0.25, 0.3) is 0 Å². The van der Waals surface area contributed by atoms with Crippen molar-refractivity contribution in [2.24, 2.45) is 5.41 Å². The van der Waals surface area contributed by atoms with Crippen LogP contribution < -0.4 is 10.6 Å². The largest absolute Gasteiger partial charge is 0.388 e. The first-order valence-electron chi connectivity index (χ1n) is 8.58. The average molecular weight is 325 g/mol. The van der Waals surface area contributed by atoms with Crippen molar-refractivity contribution in [3.8, 4) is 0 Å². The Bertz CT molecular complexity index is 481. The molecule has 1 aromatic heterocycles. The molecule has 1 aromatic rings. The summed E-state index contributed by atoms with van der Waals surface area (Å²) in [5.41, 5.74) is 0.902. The number of carbonyl (C=O) groups excluding carboxylic acids is 1. The predicted molar refractivity (Wildman–Crippen MR) is 90.3 cm³/mol. The Balaban J connectivity index is 2.62. The van der Waals surface area contributed by atoms with Gasteiger partial charge < -0.3 is 20.3 Å². The molecule has 0 saturated heterocycles. The summed E-state index contributed by atoms with van der Waals surface area (Å²) in [6.45, 7) is 10.5. The van der Waals surface area contributed by atoms with Crippen LogP contribution in [0.3, 0.4) is 0 Å². The lowest BCUT2D eigenvalue weighted by Crippen LogP contribution is -2.43. The molecule has 23 heavy (non-hydrogen) atoms. The van der Waals surface area contributed by atoms with Crippen LogP contribution in [0.1, 0.15) is 68.3 Å². The van der Waals surface area contributed by atoms with Crippen LogP contribution in [-0.2, 0) is 6.61 Å². The summed E-state index contributed by atoms with van der Waals surface area (Å²) in [4.78, 5) is 12.3. The minimum Gasteiger partial charge on any atom is -0.388 e. The minimum atomic E-state index is -0.249. The van der Waals surface area contributed by atoms with Gasteiger partial charge in [-0.1, -0.05) is 32.3 Å². The molecule has 0 atom stereocenters. The van der Waals surface area contributed by atoms with E-state index in [9.17, 15) is 4.79 Å². The van der Waals surface area contributed by atoms with Gasteiger partial charge in [0.05, 0.1) is 0 Å². The molecule has 3 N–H and O–H groups in total. The molecule has 6 nitrogen and oxygen atoms in total. The number of amides is 1. The first-order chi connectivity index (χ1) is 11.0. The molecule has 0 bridgehead atoms.